The smallest absolute Gasteiger partial charge is 0.341 e. The number of thiophene rings is 1. The molecule has 0 unspecified atom stereocenters. The monoisotopic (exact) mass is 395 g/mol. The Morgan fingerprint density at radius 2 is 1.85 bits per heavy atom. The first-order valence-electron chi connectivity index (χ1n) is 9.92. The number of hydrogen-bond acceptors (Lipinski definition) is 5. The topological polar surface area (TPSA) is 55.4 Å². The van der Waals surface area contributed by atoms with Crippen molar-refractivity contribution in [3.8, 4) is 0 Å². The van der Waals surface area contributed by atoms with Crippen molar-refractivity contribution in [2.45, 2.75) is 76.4 Å². The summed E-state index contributed by atoms with van der Waals surface area (Å²) >= 11 is 3.34. The Morgan fingerprint density at radius 1 is 1.12 bits per heavy atom. The first kappa shape index (κ1) is 19.7. The molecular formula is C20H29NO3S2. The van der Waals surface area contributed by atoms with Crippen LogP contribution in [0, 0.1) is 0 Å². The molecule has 4 nitrogen and oxygen atoms in total. The van der Waals surface area contributed by atoms with E-state index in [0.717, 1.165) is 31.2 Å². The third-order valence-electron chi connectivity index (χ3n) is 5.16. The Hall–Kier alpha value is -1.01. The molecule has 1 saturated carbocycles. The Kier molecular flexibility index (Phi) is 7.43. The molecule has 26 heavy (non-hydrogen) atoms. The van der Waals surface area contributed by atoms with Gasteiger partial charge < -0.3 is 10.1 Å². The fraction of sp³-hybridized carbons (Fsp3) is 0.700. The maximum absolute atomic E-state index is 12.5. The molecule has 0 saturated heterocycles. The number of anilines is 1. The first-order chi connectivity index (χ1) is 12.7. The van der Waals surface area contributed by atoms with Gasteiger partial charge in [-0.1, -0.05) is 25.7 Å². The quantitative estimate of drug-likeness (QED) is 0.531. The van der Waals surface area contributed by atoms with Crippen LogP contribution in [0.3, 0.4) is 0 Å². The molecule has 0 atom stereocenters. The lowest BCUT2D eigenvalue weighted by atomic mass is 10.0. The van der Waals surface area contributed by atoms with Crippen LogP contribution in [0.2, 0.25) is 0 Å². The molecule has 0 spiro atoms. The number of rotatable bonds is 6. The third kappa shape index (κ3) is 5.03. The van der Waals surface area contributed by atoms with Gasteiger partial charge in [0.25, 0.3) is 0 Å². The van der Waals surface area contributed by atoms with Crippen molar-refractivity contribution in [2.24, 2.45) is 0 Å². The summed E-state index contributed by atoms with van der Waals surface area (Å²) in [7, 11) is 0. The predicted molar refractivity (Wildman–Crippen MR) is 109 cm³/mol. The normalized spacial score (nSPS) is 18.0. The second-order valence-electron chi connectivity index (χ2n) is 7.11. The van der Waals surface area contributed by atoms with E-state index in [9.17, 15) is 9.59 Å². The molecule has 2 aliphatic carbocycles. The van der Waals surface area contributed by atoms with Crippen molar-refractivity contribution in [1.29, 1.82) is 0 Å². The van der Waals surface area contributed by atoms with Gasteiger partial charge in [0.1, 0.15) is 5.00 Å². The van der Waals surface area contributed by atoms with E-state index in [1.807, 2.05) is 6.92 Å². The van der Waals surface area contributed by atoms with Gasteiger partial charge >= 0.3 is 5.97 Å². The van der Waals surface area contributed by atoms with E-state index in [1.54, 1.807) is 23.1 Å². The van der Waals surface area contributed by atoms with Crippen molar-refractivity contribution in [3.05, 3.63) is 16.0 Å². The van der Waals surface area contributed by atoms with Gasteiger partial charge in [-0.25, -0.2) is 4.79 Å². The van der Waals surface area contributed by atoms with Crippen LogP contribution < -0.4 is 5.32 Å². The molecule has 1 N–H and O–H groups in total. The lowest BCUT2D eigenvalue weighted by molar-refractivity contribution is -0.113. The average molecular weight is 396 g/mol. The molecule has 1 amide bonds. The molecule has 1 heterocycles. The summed E-state index contributed by atoms with van der Waals surface area (Å²) in [6.07, 6.45) is 11.7. The maximum Gasteiger partial charge on any atom is 0.341 e. The number of carbonyl (C=O) groups is 2. The Labute approximate surface area is 164 Å². The van der Waals surface area contributed by atoms with Crippen LogP contribution in [-0.2, 0) is 22.4 Å². The molecule has 3 rings (SSSR count). The number of ether oxygens (including phenoxy) is 1. The predicted octanol–water partition coefficient (Wildman–Crippen LogP) is 5.20. The number of esters is 1. The highest BCUT2D eigenvalue weighted by molar-refractivity contribution is 8.00. The Bertz CT molecular complexity index is 635. The number of aryl methyl sites for hydroxylation is 1. The van der Waals surface area contributed by atoms with Crippen molar-refractivity contribution in [3.63, 3.8) is 0 Å². The van der Waals surface area contributed by atoms with Crippen LogP contribution in [0.15, 0.2) is 0 Å². The number of carbonyl (C=O) groups excluding carboxylic acids is 2. The van der Waals surface area contributed by atoms with Crippen LogP contribution in [0.1, 0.15) is 79.1 Å². The van der Waals surface area contributed by atoms with Gasteiger partial charge in [0.2, 0.25) is 5.91 Å². The van der Waals surface area contributed by atoms with E-state index >= 15 is 0 Å². The van der Waals surface area contributed by atoms with Gasteiger partial charge in [-0.15, -0.1) is 23.1 Å². The summed E-state index contributed by atoms with van der Waals surface area (Å²) < 4.78 is 5.28. The fourth-order valence-electron chi connectivity index (χ4n) is 3.84. The molecule has 0 aliphatic heterocycles. The van der Waals surface area contributed by atoms with Gasteiger partial charge in [0.05, 0.1) is 17.9 Å². The number of amides is 1. The standard InChI is InChI=1S/C20H29NO3S2/c1-2-24-20(23)18-15-11-7-4-8-12-16(15)26-19(18)21-17(22)13-25-14-9-5-3-6-10-14/h14H,2-13H2,1H3,(H,21,22). The fourth-order valence-corrected chi connectivity index (χ4v) is 6.26. The summed E-state index contributed by atoms with van der Waals surface area (Å²) in [6, 6.07) is 0. The van der Waals surface area contributed by atoms with Crippen molar-refractivity contribution < 1.29 is 14.3 Å². The minimum Gasteiger partial charge on any atom is -0.462 e. The highest BCUT2D eigenvalue weighted by Crippen LogP contribution is 2.38. The van der Waals surface area contributed by atoms with E-state index in [0.29, 0.717) is 28.2 Å². The van der Waals surface area contributed by atoms with E-state index in [2.05, 4.69) is 5.32 Å². The Morgan fingerprint density at radius 3 is 2.62 bits per heavy atom. The second-order valence-corrected chi connectivity index (χ2v) is 9.50. The second kappa shape index (κ2) is 9.79. The van der Waals surface area contributed by atoms with Crippen molar-refractivity contribution in [1.82, 2.24) is 0 Å². The third-order valence-corrected chi connectivity index (χ3v) is 7.74. The zero-order valence-corrected chi connectivity index (χ0v) is 17.2. The maximum atomic E-state index is 12.5. The van der Waals surface area contributed by atoms with Gasteiger partial charge in [0.15, 0.2) is 0 Å². The van der Waals surface area contributed by atoms with E-state index in [-0.39, 0.29) is 11.9 Å². The van der Waals surface area contributed by atoms with Crippen LogP contribution >= 0.6 is 23.1 Å². The highest BCUT2D eigenvalue weighted by Gasteiger charge is 2.26. The van der Waals surface area contributed by atoms with Crippen molar-refractivity contribution >= 4 is 40.0 Å². The summed E-state index contributed by atoms with van der Waals surface area (Å²) in [5, 5.41) is 4.33. The van der Waals surface area contributed by atoms with E-state index in [4.69, 9.17) is 4.74 Å². The number of nitrogens with one attached hydrogen (secondary N) is 1. The Balaban J connectivity index is 1.69. The van der Waals surface area contributed by atoms with Crippen LogP contribution in [0.5, 0.6) is 0 Å². The van der Waals surface area contributed by atoms with Crippen LogP contribution in [0.4, 0.5) is 5.00 Å². The van der Waals surface area contributed by atoms with Gasteiger partial charge in [-0.3, -0.25) is 4.79 Å². The minimum absolute atomic E-state index is 0.00234. The lowest BCUT2D eigenvalue weighted by Gasteiger charge is -2.20. The molecule has 2 aliphatic rings. The summed E-state index contributed by atoms with van der Waals surface area (Å²) in [6.45, 7) is 2.18. The summed E-state index contributed by atoms with van der Waals surface area (Å²) in [5.41, 5.74) is 1.73. The molecule has 1 aromatic rings. The molecule has 0 radical (unpaired) electrons. The molecule has 6 heteroatoms. The SMILES string of the molecule is CCOC(=O)c1c(NC(=O)CSC2CCCCC2)sc2c1CCCCC2. The first-order valence-corrected chi connectivity index (χ1v) is 11.8. The molecule has 1 aromatic heterocycles. The minimum atomic E-state index is -0.290. The molecule has 1 fully saturated rings. The zero-order chi connectivity index (χ0) is 18.4. The summed E-state index contributed by atoms with van der Waals surface area (Å²) in [4.78, 5) is 26.3. The van der Waals surface area contributed by atoms with E-state index in [1.165, 1.54) is 43.4 Å². The van der Waals surface area contributed by atoms with Crippen molar-refractivity contribution in [2.75, 3.05) is 17.7 Å². The van der Waals surface area contributed by atoms with Gasteiger partial charge in [-0.05, 0) is 51.0 Å². The number of hydrogen-bond donors (Lipinski definition) is 1. The zero-order valence-electron chi connectivity index (χ0n) is 15.6. The number of fused-ring (bicyclic) bond motifs is 1. The summed E-state index contributed by atoms with van der Waals surface area (Å²) in [5.74, 6) is 0.180. The average Bonchev–Trinajstić information content (AvgIpc) is 2.82. The molecule has 144 valence electrons. The number of thioether (sulfide) groups is 1. The highest BCUT2D eigenvalue weighted by atomic mass is 32.2. The largest absolute Gasteiger partial charge is 0.462 e. The lowest BCUT2D eigenvalue weighted by Crippen LogP contribution is -2.19. The van der Waals surface area contributed by atoms with E-state index < -0.39 is 0 Å². The molecule has 0 aromatic carbocycles. The van der Waals surface area contributed by atoms with Crippen LogP contribution in [0.25, 0.3) is 0 Å². The molecule has 0 bridgehead atoms. The van der Waals surface area contributed by atoms with Gasteiger partial charge in [-0.2, -0.15) is 0 Å². The van der Waals surface area contributed by atoms with Gasteiger partial charge in [0, 0.05) is 10.1 Å². The molecular weight excluding hydrogens is 366 g/mol. The van der Waals surface area contributed by atoms with Crippen LogP contribution in [-0.4, -0.2) is 29.5 Å².